The number of benzene rings is 1. The molecule has 5 atom stereocenters. The van der Waals surface area contributed by atoms with Crippen LogP contribution < -0.4 is 20.3 Å². The quantitative estimate of drug-likeness (QED) is 0.713. The smallest absolute Gasteiger partial charge is 0.253 e. The highest BCUT2D eigenvalue weighted by atomic mass is 19.1. The van der Waals surface area contributed by atoms with Crippen molar-refractivity contribution in [3.8, 4) is 11.8 Å². The van der Waals surface area contributed by atoms with E-state index in [1.807, 2.05) is 12.1 Å². The number of nitriles is 1. The maximum absolute atomic E-state index is 15.6. The van der Waals surface area contributed by atoms with E-state index in [-0.39, 0.29) is 30.5 Å². The van der Waals surface area contributed by atoms with Gasteiger partial charge in [0.1, 0.15) is 29.8 Å². The lowest BCUT2D eigenvalue weighted by atomic mass is 9.94. The number of aromatic nitrogens is 1. The van der Waals surface area contributed by atoms with Crippen molar-refractivity contribution < 1.29 is 13.9 Å². The number of fused-ring (bicyclic) bond motifs is 6. The van der Waals surface area contributed by atoms with Crippen LogP contribution in [0.1, 0.15) is 64.3 Å². The zero-order chi connectivity index (χ0) is 23.7. The fraction of sp³-hybridized carbons (Fsp3) is 0.519. The second kappa shape index (κ2) is 7.92. The van der Waals surface area contributed by atoms with Gasteiger partial charge in [0.05, 0.1) is 17.3 Å². The zero-order valence-electron chi connectivity index (χ0n) is 19.5. The van der Waals surface area contributed by atoms with E-state index in [0.717, 1.165) is 44.0 Å². The van der Waals surface area contributed by atoms with E-state index in [4.69, 9.17) is 4.74 Å². The van der Waals surface area contributed by atoms with Crippen molar-refractivity contribution >= 4 is 11.6 Å². The van der Waals surface area contributed by atoms with Gasteiger partial charge in [-0.25, -0.2) is 4.39 Å². The minimum atomic E-state index is -0.528. The van der Waals surface area contributed by atoms with Gasteiger partial charge < -0.3 is 20.3 Å². The third-order valence-electron chi connectivity index (χ3n) is 8.54. The lowest BCUT2D eigenvalue weighted by Crippen LogP contribution is -2.51. The molecule has 0 radical (unpaired) electrons. The van der Waals surface area contributed by atoms with Gasteiger partial charge in [0.25, 0.3) is 5.91 Å². The van der Waals surface area contributed by atoms with Gasteiger partial charge in [-0.1, -0.05) is 0 Å². The molecule has 2 saturated heterocycles. The molecule has 7 rings (SSSR count). The van der Waals surface area contributed by atoms with E-state index in [9.17, 15) is 10.1 Å². The topological polar surface area (TPSA) is 90.3 Å². The molecule has 2 bridgehead atoms. The van der Waals surface area contributed by atoms with Crippen molar-refractivity contribution in [2.45, 2.75) is 62.6 Å². The Morgan fingerprint density at radius 1 is 1.26 bits per heavy atom. The molecule has 3 fully saturated rings. The third-order valence-corrected chi connectivity index (χ3v) is 8.54. The second-order valence-electron chi connectivity index (χ2n) is 10.8. The van der Waals surface area contributed by atoms with E-state index in [1.165, 1.54) is 18.4 Å². The Bertz CT molecular complexity index is 1260. The minimum absolute atomic E-state index is 0.0681. The molecule has 5 aliphatic rings. The number of hydrogen-bond donors (Lipinski definition) is 2. The number of anilines is 1. The molecule has 8 heteroatoms. The van der Waals surface area contributed by atoms with Crippen LogP contribution in [0.15, 0.2) is 18.3 Å². The molecule has 0 spiro atoms. The van der Waals surface area contributed by atoms with Crippen LogP contribution in [0.4, 0.5) is 10.1 Å². The molecule has 2 unspecified atom stereocenters. The standard InChI is InChI=1S/C27H28FN5O2/c28-26-21-7-18(32-27(34)15-6-20-19-5-14(19)1-4-23(20)30-10-15)13-35-25(21)8-24(22(26)9-29)33-11-16-2-3-17(12-33)31-16/h6,8,10,14,16-19,31H,1-5,7,11-13H2,(H,32,34)/t14-,16?,17?,18+,19+/m0/s1. The SMILES string of the molecule is N#Cc1c(N2CC3CCC(C2)N3)cc2c(c1F)C[C@@H](NC(=O)c1cnc3c(c1)[C@@H]1C[C@@H]1CC3)CO2. The molecular weight excluding hydrogens is 445 g/mol. The summed E-state index contributed by atoms with van der Waals surface area (Å²) in [4.78, 5) is 19.7. The largest absolute Gasteiger partial charge is 0.491 e. The first kappa shape index (κ1) is 21.1. The van der Waals surface area contributed by atoms with Crippen molar-refractivity contribution in [1.82, 2.24) is 15.6 Å². The number of rotatable bonds is 3. The van der Waals surface area contributed by atoms with Gasteiger partial charge >= 0.3 is 0 Å². The molecule has 7 nitrogen and oxygen atoms in total. The summed E-state index contributed by atoms with van der Waals surface area (Å²) in [7, 11) is 0. The number of carbonyl (C=O) groups excluding carboxylic acids is 1. The van der Waals surface area contributed by atoms with Gasteiger partial charge in [-0.2, -0.15) is 5.26 Å². The van der Waals surface area contributed by atoms with Gasteiger partial charge in [-0.05, 0) is 55.6 Å². The van der Waals surface area contributed by atoms with Crippen LogP contribution in [0, 0.1) is 23.1 Å². The maximum Gasteiger partial charge on any atom is 0.253 e. The van der Waals surface area contributed by atoms with E-state index < -0.39 is 5.82 Å². The molecule has 35 heavy (non-hydrogen) atoms. The number of amides is 1. The average molecular weight is 474 g/mol. The summed E-state index contributed by atoms with van der Waals surface area (Å²) in [6.07, 6.45) is 7.54. The van der Waals surface area contributed by atoms with E-state index in [2.05, 4.69) is 26.6 Å². The van der Waals surface area contributed by atoms with Gasteiger partial charge in [0, 0.05) is 55.1 Å². The normalized spacial score (nSPS) is 29.8. The van der Waals surface area contributed by atoms with Crippen LogP contribution >= 0.6 is 0 Å². The number of nitrogens with zero attached hydrogens (tertiary/aromatic N) is 3. The van der Waals surface area contributed by atoms with Crippen LogP contribution in [0.5, 0.6) is 5.75 Å². The summed E-state index contributed by atoms with van der Waals surface area (Å²) in [5.41, 5.74) is 3.93. The first-order valence-corrected chi connectivity index (χ1v) is 12.8. The molecule has 3 aliphatic heterocycles. The minimum Gasteiger partial charge on any atom is -0.491 e. The van der Waals surface area contributed by atoms with Crippen LogP contribution in [-0.2, 0) is 12.8 Å². The summed E-state index contributed by atoms with van der Waals surface area (Å²) >= 11 is 0. The van der Waals surface area contributed by atoms with Crippen LogP contribution in [0.25, 0.3) is 0 Å². The highest BCUT2D eigenvalue weighted by molar-refractivity contribution is 5.94. The molecule has 2 aliphatic carbocycles. The molecule has 1 aromatic carbocycles. The van der Waals surface area contributed by atoms with Crippen molar-refractivity contribution in [2.24, 2.45) is 5.92 Å². The Morgan fingerprint density at radius 2 is 2.09 bits per heavy atom. The molecule has 1 saturated carbocycles. The molecule has 4 heterocycles. The lowest BCUT2D eigenvalue weighted by molar-refractivity contribution is 0.0914. The van der Waals surface area contributed by atoms with E-state index in [0.29, 0.717) is 40.6 Å². The summed E-state index contributed by atoms with van der Waals surface area (Å²) in [5.74, 6) is 1.05. The molecule has 1 amide bonds. The fourth-order valence-corrected chi connectivity index (χ4v) is 6.61. The lowest BCUT2D eigenvalue weighted by Gasteiger charge is -2.36. The Labute approximate surface area is 203 Å². The number of halogens is 1. The maximum atomic E-state index is 15.6. The Balaban J connectivity index is 1.10. The monoisotopic (exact) mass is 473 g/mol. The van der Waals surface area contributed by atoms with Gasteiger partial charge in [-0.3, -0.25) is 9.78 Å². The Kier molecular flexibility index (Phi) is 4.78. The second-order valence-corrected chi connectivity index (χ2v) is 10.8. The molecule has 2 N–H and O–H groups in total. The third kappa shape index (κ3) is 3.56. The fourth-order valence-electron chi connectivity index (χ4n) is 6.61. The van der Waals surface area contributed by atoms with Gasteiger partial charge in [0.15, 0.2) is 0 Å². The Morgan fingerprint density at radius 3 is 2.89 bits per heavy atom. The number of hydrogen-bond acceptors (Lipinski definition) is 6. The van der Waals surface area contributed by atoms with Crippen molar-refractivity contribution in [3.63, 3.8) is 0 Å². The summed E-state index contributed by atoms with van der Waals surface area (Å²) in [6.45, 7) is 1.79. The number of piperazine rings is 1. The average Bonchev–Trinajstić information content (AvgIpc) is 3.61. The van der Waals surface area contributed by atoms with E-state index >= 15 is 4.39 Å². The van der Waals surface area contributed by atoms with Crippen molar-refractivity contribution in [1.29, 1.82) is 5.26 Å². The van der Waals surface area contributed by atoms with E-state index in [1.54, 1.807) is 6.20 Å². The summed E-state index contributed by atoms with van der Waals surface area (Å²) in [5, 5.41) is 16.4. The molecular formula is C27H28FN5O2. The number of aryl methyl sites for hydroxylation is 1. The highest BCUT2D eigenvalue weighted by Crippen LogP contribution is 2.54. The zero-order valence-corrected chi connectivity index (χ0v) is 19.5. The summed E-state index contributed by atoms with van der Waals surface area (Å²) in [6, 6.07) is 6.28. The molecule has 1 aromatic heterocycles. The number of nitrogens with one attached hydrogen (secondary N) is 2. The van der Waals surface area contributed by atoms with Gasteiger partial charge in [0.2, 0.25) is 0 Å². The van der Waals surface area contributed by atoms with Crippen LogP contribution in [-0.4, -0.2) is 48.7 Å². The highest BCUT2D eigenvalue weighted by Gasteiger charge is 2.43. The van der Waals surface area contributed by atoms with Crippen molar-refractivity contribution in [3.05, 3.63) is 52.1 Å². The Hall–Kier alpha value is -3.18. The van der Waals surface area contributed by atoms with Gasteiger partial charge in [-0.15, -0.1) is 0 Å². The number of carbonyl (C=O) groups is 1. The number of pyridine rings is 1. The summed E-state index contributed by atoms with van der Waals surface area (Å²) < 4.78 is 21.5. The molecule has 2 aromatic rings. The number of ether oxygens (including phenoxy) is 1. The predicted octanol–water partition coefficient (Wildman–Crippen LogP) is 2.82. The molecule has 180 valence electrons. The van der Waals surface area contributed by atoms with Crippen LogP contribution in [0.2, 0.25) is 0 Å². The van der Waals surface area contributed by atoms with Crippen molar-refractivity contribution in [2.75, 3.05) is 24.6 Å². The first-order valence-electron chi connectivity index (χ1n) is 12.8. The predicted molar refractivity (Wildman–Crippen MR) is 127 cm³/mol. The van der Waals surface area contributed by atoms with Crippen LogP contribution in [0.3, 0.4) is 0 Å². The first-order chi connectivity index (χ1) is 17.1.